The molecule has 1 aromatic rings. The third-order valence-corrected chi connectivity index (χ3v) is 5.08. The molecule has 24 heavy (non-hydrogen) atoms. The monoisotopic (exact) mass is 338 g/mol. The van der Waals surface area contributed by atoms with Gasteiger partial charge in [0.15, 0.2) is 11.5 Å². The highest BCUT2D eigenvalue weighted by atomic mass is 19.1. The highest BCUT2D eigenvalue weighted by Crippen LogP contribution is 2.40. The number of methoxy groups -OCH3 is 2. The Morgan fingerprint density at radius 1 is 1.12 bits per heavy atom. The van der Waals surface area contributed by atoms with E-state index in [4.69, 9.17) is 14.2 Å². The van der Waals surface area contributed by atoms with Crippen molar-refractivity contribution in [3.63, 3.8) is 0 Å². The first-order valence-corrected chi connectivity index (χ1v) is 8.68. The van der Waals surface area contributed by atoms with Crippen molar-refractivity contribution >= 4 is 0 Å². The summed E-state index contributed by atoms with van der Waals surface area (Å²) in [4.78, 5) is 2.40. The van der Waals surface area contributed by atoms with Gasteiger partial charge in [-0.2, -0.15) is 0 Å². The van der Waals surface area contributed by atoms with Crippen LogP contribution >= 0.6 is 0 Å². The van der Waals surface area contributed by atoms with Gasteiger partial charge in [-0.3, -0.25) is 4.90 Å². The Morgan fingerprint density at radius 2 is 1.75 bits per heavy atom. The second-order valence-electron chi connectivity index (χ2n) is 6.41. The molecule has 5 nitrogen and oxygen atoms in total. The van der Waals surface area contributed by atoms with E-state index in [2.05, 4.69) is 10.2 Å². The van der Waals surface area contributed by atoms with Gasteiger partial charge in [-0.25, -0.2) is 4.39 Å². The van der Waals surface area contributed by atoms with E-state index < -0.39 is 0 Å². The van der Waals surface area contributed by atoms with Gasteiger partial charge in [0, 0.05) is 57.1 Å². The number of halogens is 1. The average Bonchev–Trinajstić information content (AvgIpc) is 2.64. The standard InChI is InChI=1S/C18H27FN2O3/c1-22-16-11-14(15(19)12-17(16)23-2)18(13-3-9-24-10-4-13)21-7-5-20-6-8-21/h11-13,18,20H,3-10H2,1-2H3/t18-/m0/s1. The molecule has 0 spiro atoms. The molecule has 2 saturated heterocycles. The minimum atomic E-state index is -0.220. The molecule has 2 aliphatic rings. The number of benzene rings is 1. The van der Waals surface area contributed by atoms with E-state index in [0.29, 0.717) is 23.0 Å². The Balaban J connectivity index is 1.97. The zero-order valence-corrected chi connectivity index (χ0v) is 14.5. The van der Waals surface area contributed by atoms with Crippen LogP contribution in [0.1, 0.15) is 24.4 Å². The number of rotatable bonds is 5. The molecule has 6 heteroatoms. The van der Waals surface area contributed by atoms with Crippen molar-refractivity contribution in [3.05, 3.63) is 23.5 Å². The molecule has 134 valence electrons. The van der Waals surface area contributed by atoms with Gasteiger partial charge in [0.25, 0.3) is 0 Å². The fourth-order valence-corrected chi connectivity index (χ4v) is 3.84. The van der Waals surface area contributed by atoms with Crippen molar-refractivity contribution in [1.29, 1.82) is 0 Å². The van der Waals surface area contributed by atoms with Gasteiger partial charge >= 0.3 is 0 Å². The Morgan fingerprint density at radius 3 is 2.38 bits per heavy atom. The first-order chi connectivity index (χ1) is 11.7. The summed E-state index contributed by atoms with van der Waals surface area (Å²) in [7, 11) is 3.12. The molecule has 0 bridgehead atoms. The van der Waals surface area contributed by atoms with Crippen LogP contribution in [-0.4, -0.2) is 58.5 Å². The predicted molar refractivity (Wildman–Crippen MR) is 90.2 cm³/mol. The number of nitrogens with zero attached hydrogens (tertiary/aromatic N) is 1. The third kappa shape index (κ3) is 3.66. The molecule has 0 radical (unpaired) electrons. The van der Waals surface area contributed by atoms with E-state index in [1.165, 1.54) is 13.2 Å². The van der Waals surface area contributed by atoms with Crippen molar-refractivity contribution in [2.75, 3.05) is 53.6 Å². The second kappa shape index (κ2) is 8.14. The summed E-state index contributed by atoms with van der Waals surface area (Å²) < 4.78 is 31.1. The summed E-state index contributed by atoms with van der Waals surface area (Å²) in [5.74, 6) is 1.19. The topological polar surface area (TPSA) is 43.0 Å². The lowest BCUT2D eigenvalue weighted by molar-refractivity contribution is 0.0202. The van der Waals surface area contributed by atoms with Crippen molar-refractivity contribution < 1.29 is 18.6 Å². The van der Waals surface area contributed by atoms with E-state index in [1.54, 1.807) is 7.11 Å². The Labute approximate surface area is 143 Å². The van der Waals surface area contributed by atoms with Crippen molar-refractivity contribution in [2.45, 2.75) is 18.9 Å². The molecule has 1 atom stereocenters. The van der Waals surface area contributed by atoms with Crippen LogP contribution in [-0.2, 0) is 4.74 Å². The molecule has 1 aromatic carbocycles. The Bertz CT molecular complexity index is 525. The maximum absolute atomic E-state index is 14.9. The lowest BCUT2D eigenvalue weighted by Crippen LogP contribution is -2.47. The molecule has 0 saturated carbocycles. The summed E-state index contributed by atoms with van der Waals surface area (Å²) in [6.45, 7) is 5.24. The number of nitrogens with one attached hydrogen (secondary N) is 1. The summed E-state index contributed by atoms with van der Waals surface area (Å²) in [6.07, 6.45) is 1.92. The van der Waals surface area contributed by atoms with Gasteiger partial charge < -0.3 is 19.5 Å². The van der Waals surface area contributed by atoms with E-state index in [-0.39, 0.29) is 11.9 Å². The molecule has 3 rings (SSSR count). The molecular formula is C18H27FN2O3. The van der Waals surface area contributed by atoms with Crippen LogP contribution in [0.3, 0.4) is 0 Å². The van der Waals surface area contributed by atoms with E-state index in [1.807, 2.05) is 6.07 Å². The van der Waals surface area contributed by atoms with Crippen LogP contribution in [0.4, 0.5) is 4.39 Å². The average molecular weight is 338 g/mol. The van der Waals surface area contributed by atoms with Crippen LogP contribution in [0, 0.1) is 11.7 Å². The highest BCUT2D eigenvalue weighted by Gasteiger charge is 2.33. The fraction of sp³-hybridized carbons (Fsp3) is 0.667. The largest absolute Gasteiger partial charge is 0.493 e. The van der Waals surface area contributed by atoms with E-state index in [9.17, 15) is 4.39 Å². The molecular weight excluding hydrogens is 311 g/mol. The van der Waals surface area contributed by atoms with Gasteiger partial charge in [0.2, 0.25) is 0 Å². The van der Waals surface area contributed by atoms with E-state index in [0.717, 1.165) is 52.2 Å². The molecule has 0 unspecified atom stereocenters. The highest BCUT2D eigenvalue weighted by molar-refractivity contribution is 5.45. The summed E-state index contributed by atoms with van der Waals surface area (Å²) in [6, 6.07) is 3.31. The van der Waals surface area contributed by atoms with Gasteiger partial charge in [-0.05, 0) is 24.8 Å². The van der Waals surface area contributed by atoms with Gasteiger partial charge in [-0.15, -0.1) is 0 Å². The SMILES string of the molecule is COc1cc(F)c([C@H](C2CCOCC2)N2CCNCC2)cc1OC. The first kappa shape index (κ1) is 17.5. The molecule has 0 aliphatic carbocycles. The lowest BCUT2D eigenvalue weighted by Gasteiger charge is -2.41. The quantitative estimate of drug-likeness (QED) is 0.892. The summed E-state index contributed by atoms with van der Waals surface area (Å²) in [5, 5.41) is 3.37. The predicted octanol–water partition coefficient (Wildman–Crippen LogP) is 2.22. The molecule has 2 aliphatic heterocycles. The van der Waals surface area contributed by atoms with Crippen LogP contribution in [0.15, 0.2) is 12.1 Å². The number of hydrogen-bond acceptors (Lipinski definition) is 5. The van der Waals surface area contributed by atoms with Gasteiger partial charge in [0.05, 0.1) is 14.2 Å². The lowest BCUT2D eigenvalue weighted by atomic mass is 9.85. The van der Waals surface area contributed by atoms with Crippen LogP contribution in [0.2, 0.25) is 0 Å². The molecule has 0 amide bonds. The molecule has 1 N–H and O–H groups in total. The first-order valence-electron chi connectivity index (χ1n) is 8.68. The van der Waals surface area contributed by atoms with E-state index >= 15 is 0 Å². The minimum absolute atomic E-state index is 0.0517. The second-order valence-corrected chi connectivity index (χ2v) is 6.41. The smallest absolute Gasteiger partial charge is 0.163 e. The molecule has 2 heterocycles. The van der Waals surface area contributed by atoms with Gasteiger partial charge in [-0.1, -0.05) is 0 Å². The maximum Gasteiger partial charge on any atom is 0.163 e. The Kier molecular flexibility index (Phi) is 5.92. The summed E-state index contributed by atoms with van der Waals surface area (Å²) >= 11 is 0. The van der Waals surface area contributed by atoms with Gasteiger partial charge in [0.1, 0.15) is 5.82 Å². The number of piperazine rings is 1. The third-order valence-electron chi connectivity index (χ3n) is 5.08. The minimum Gasteiger partial charge on any atom is -0.493 e. The van der Waals surface area contributed by atoms with Crippen molar-refractivity contribution in [1.82, 2.24) is 10.2 Å². The maximum atomic E-state index is 14.9. The number of ether oxygens (including phenoxy) is 3. The summed E-state index contributed by atoms with van der Waals surface area (Å²) in [5.41, 5.74) is 0.710. The number of hydrogen-bond donors (Lipinski definition) is 1. The molecule has 0 aromatic heterocycles. The van der Waals surface area contributed by atoms with Crippen molar-refractivity contribution in [2.24, 2.45) is 5.92 Å². The van der Waals surface area contributed by atoms with Crippen molar-refractivity contribution in [3.8, 4) is 11.5 Å². The fourth-order valence-electron chi connectivity index (χ4n) is 3.84. The Hall–Kier alpha value is -1.37. The van der Waals surface area contributed by atoms with Crippen LogP contribution in [0.25, 0.3) is 0 Å². The zero-order valence-electron chi connectivity index (χ0n) is 14.5. The van der Waals surface area contributed by atoms with Crippen LogP contribution in [0.5, 0.6) is 11.5 Å². The molecule has 2 fully saturated rings. The van der Waals surface area contributed by atoms with Crippen LogP contribution < -0.4 is 14.8 Å². The normalized spacial score (nSPS) is 21.5. The zero-order chi connectivity index (χ0) is 16.9.